The summed E-state index contributed by atoms with van der Waals surface area (Å²) < 4.78 is 40.8. The Balaban J connectivity index is 2.17. The highest BCUT2D eigenvalue weighted by Crippen LogP contribution is 2.41. The molecular formula is C13H18F3N3O2. The molecule has 1 fully saturated rings. The number of alkyl halides is 3. The Morgan fingerprint density at radius 3 is 2.62 bits per heavy atom. The minimum Gasteiger partial charge on any atom is -0.374 e. The first-order chi connectivity index (χ1) is 9.65. The van der Waals surface area contributed by atoms with Crippen LogP contribution in [0.3, 0.4) is 0 Å². The summed E-state index contributed by atoms with van der Waals surface area (Å²) in [6.45, 7) is 1.75. The van der Waals surface area contributed by atoms with Crippen LogP contribution < -0.4 is 5.32 Å². The molecule has 1 aliphatic carbocycles. The number of hydrogen-bond acceptors (Lipinski definition) is 3. The van der Waals surface area contributed by atoms with Crippen molar-refractivity contribution in [1.29, 1.82) is 0 Å². The van der Waals surface area contributed by atoms with Crippen molar-refractivity contribution in [1.82, 2.24) is 14.9 Å². The first-order valence-electron chi connectivity index (χ1n) is 6.71. The predicted octanol–water partition coefficient (Wildman–Crippen LogP) is 1.47. The molecule has 2 rings (SSSR count). The third kappa shape index (κ3) is 3.20. The number of rotatable bonds is 5. The third-order valence-corrected chi connectivity index (χ3v) is 3.79. The topological polar surface area (TPSA) is 67.2 Å². The maximum atomic E-state index is 13.2. The molecule has 21 heavy (non-hydrogen) atoms. The van der Waals surface area contributed by atoms with Gasteiger partial charge in [-0.25, -0.2) is 4.98 Å². The molecule has 1 aromatic heterocycles. The van der Waals surface area contributed by atoms with Gasteiger partial charge in [-0.15, -0.1) is 0 Å². The van der Waals surface area contributed by atoms with E-state index in [0.717, 1.165) is 23.6 Å². The summed E-state index contributed by atoms with van der Waals surface area (Å²) >= 11 is 0. The molecule has 1 amide bonds. The molecule has 1 aliphatic rings. The van der Waals surface area contributed by atoms with E-state index >= 15 is 0 Å². The van der Waals surface area contributed by atoms with Gasteiger partial charge in [0.25, 0.3) is 0 Å². The van der Waals surface area contributed by atoms with Gasteiger partial charge in [-0.05, 0) is 25.7 Å². The van der Waals surface area contributed by atoms with Crippen LogP contribution in [0.25, 0.3) is 0 Å². The molecule has 5 nitrogen and oxygen atoms in total. The Morgan fingerprint density at radius 1 is 1.57 bits per heavy atom. The van der Waals surface area contributed by atoms with Crippen LogP contribution >= 0.6 is 0 Å². The zero-order valence-electron chi connectivity index (χ0n) is 11.8. The standard InChI is InChI=1S/C13H18F3N3O2/c1-8(9-3-4-9)18-10(20)7-12(21,13(14,15)16)11-17-5-6-19(11)2/h5-6,8-9,21H,3-4,7H2,1-2H3,(H,18,20). The van der Waals surface area contributed by atoms with Crippen LogP contribution in [-0.2, 0) is 17.4 Å². The summed E-state index contributed by atoms with van der Waals surface area (Å²) in [6.07, 6.45) is -1.73. The van der Waals surface area contributed by atoms with Gasteiger partial charge in [-0.1, -0.05) is 0 Å². The maximum Gasteiger partial charge on any atom is 0.425 e. The Labute approximate surface area is 120 Å². The van der Waals surface area contributed by atoms with Gasteiger partial charge in [0.1, 0.15) is 0 Å². The zero-order valence-corrected chi connectivity index (χ0v) is 11.8. The van der Waals surface area contributed by atoms with Gasteiger partial charge < -0.3 is 15.0 Å². The maximum absolute atomic E-state index is 13.2. The molecule has 0 saturated heterocycles. The number of carbonyl (C=O) groups is 1. The summed E-state index contributed by atoms with van der Waals surface area (Å²) in [5.74, 6) is -1.11. The van der Waals surface area contributed by atoms with Crippen molar-refractivity contribution >= 4 is 5.91 Å². The van der Waals surface area contributed by atoms with Gasteiger partial charge in [0.05, 0.1) is 6.42 Å². The summed E-state index contributed by atoms with van der Waals surface area (Å²) in [4.78, 5) is 15.4. The molecule has 1 saturated carbocycles. The Bertz CT molecular complexity index is 525. The zero-order chi connectivity index (χ0) is 15.8. The highest BCUT2D eigenvalue weighted by molar-refractivity contribution is 5.77. The van der Waals surface area contributed by atoms with Crippen molar-refractivity contribution in [3.05, 3.63) is 18.2 Å². The van der Waals surface area contributed by atoms with Crippen LogP contribution in [0.1, 0.15) is 32.0 Å². The minimum atomic E-state index is -4.99. The number of halogens is 3. The Morgan fingerprint density at radius 2 is 2.19 bits per heavy atom. The molecular weight excluding hydrogens is 287 g/mol. The van der Waals surface area contributed by atoms with Gasteiger partial charge in [-0.2, -0.15) is 13.2 Å². The fourth-order valence-corrected chi connectivity index (χ4v) is 2.32. The lowest BCUT2D eigenvalue weighted by Crippen LogP contribution is -2.49. The van der Waals surface area contributed by atoms with Crippen molar-refractivity contribution in [2.24, 2.45) is 13.0 Å². The average molecular weight is 305 g/mol. The van der Waals surface area contributed by atoms with Crippen molar-refractivity contribution in [3.8, 4) is 0 Å². The van der Waals surface area contributed by atoms with Crippen LogP contribution in [-0.4, -0.2) is 32.8 Å². The summed E-state index contributed by atoms with van der Waals surface area (Å²) in [5.41, 5.74) is -3.29. The van der Waals surface area contributed by atoms with Crippen LogP contribution in [0.4, 0.5) is 13.2 Å². The number of nitrogens with one attached hydrogen (secondary N) is 1. The normalized spacial score (nSPS) is 19.9. The molecule has 0 aromatic carbocycles. The van der Waals surface area contributed by atoms with E-state index in [1.807, 2.05) is 0 Å². The number of imidazole rings is 1. The van der Waals surface area contributed by atoms with Crippen LogP contribution in [0.5, 0.6) is 0 Å². The quantitative estimate of drug-likeness (QED) is 0.866. The Kier molecular flexibility index (Phi) is 4.01. The van der Waals surface area contributed by atoms with Gasteiger partial charge in [-0.3, -0.25) is 4.79 Å². The third-order valence-electron chi connectivity index (χ3n) is 3.79. The van der Waals surface area contributed by atoms with Crippen molar-refractivity contribution in [2.75, 3.05) is 0 Å². The Hall–Kier alpha value is -1.57. The molecule has 1 aromatic rings. The largest absolute Gasteiger partial charge is 0.425 e. The van der Waals surface area contributed by atoms with Crippen LogP contribution in [0.2, 0.25) is 0 Å². The van der Waals surface area contributed by atoms with E-state index in [0.29, 0.717) is 5.92 Å². The second-order valence-corrected chi connectivity index (χ2v) is 5.59. The first-order valence-corrected chi connectivity index (χ1v) is 6.71. The predicted molar refractivity (Wildman–Crippen MR) is 68.1 cm³/mol. The summed E-state index contributed by atoms with van der Waals surface area (Å²) in [5, 5.41) is 12.6. The minimum absolute atomic E-state index is 0.184. The number of aryl methyl sites for hydroxylation is 1. The average Bonchev–Trinajstić information content (AvgIpc) is 3.10. The van der Waals surface area contributed by atoms with E-state index in [1.54, 1.807) is 6.92 Å². The molecule has 2 unspecified atom stereocenters. The van der Waals surface area contributed by atoms with Gasteiger partial charge in [0, 0.05) is 25.5 Å². The van der Waals surface area contributed by atoms with Crippen LogP contribution in [0, 0.1) is 5.92 Å². The number of nitrogens with zero attached hydrogens (tertiary/aromatic N) is 2. The lowest BCUT2D eigenvalue weighted by atomic mass is 9.96. The number of carbonyl (C=O) groups excluding carboxylic acids is 1. The van der Waals surface area contributed by atoms with Gasteiger partial charge in [0.15, 0.2) is 5.82 Å². The summed E-state index contributed by atoms with van der Waals surface area (Å²) in [7, 11) is 1.34. The van der Waals surface area contributed by atoms with Crippen molar-refractivity contribution < 1.29 is 23.1 Å². The molecule has 8 heteroatoms. The second-order valence-electron chi connectivity index (χ2n) is 5.59. The molecule has 0 radical (unpaired) electrons. The highest BCUT2D eigenvalue weighted by Gasteiger charge is 2.58. The van der Waals surface area contributed by atoms with E-state index in [4.69, 9.17) is 0 Å². The highest BCUT2D eigenvalue weighted by atomic mass is 19.4. The van der Waals surface area contributed by atoms with Crippen molar-refractivity contribution in [3.63, 3.8) is 0 Å². The summed E-state index contributed by atoms with van der Waals surface area (Å²) in [6, 6.07) is -0.184. The van der Waals surface area contributed by atoms with Crippen LogP contribution in [0.15, 0.2) is 12.4 Å². The molecule has 1 heterocycles. The first kappa shape index (κ1) is 15.8. The number of aromatic nitrogens is 2. The molecule has 118 valence electrons. The fraction of sp³-hybridized carbons (Fsp3) is 0.692. The lowest BCUT2D eigenvalue weighted by molar-refractivity contribution is -0.271. The van der Waals surface area contributed by atoms with E-state index < -0.39 is 29.9 Å². The van der Waals surface area contributed by atoms with E-state index in [9.17, 15) is 23.1 Å². The fourth-order valence-electron chi connectivity index (χ4n) is 2.32. The lowest BCUT2D eigenvalue weighted by Gasteiger charge is -2.29. The second kappa shape index (κ2) is 5.32. The van der Waals surface area contributed by atoms with Gasteiger partial charge in [0.2, 0.25) is 11.5 Å². The molecule has 0 bridgehead atoms. The van der Waals surface area contributed by atoms with E-state index in [1.165, 1.54) is 13.2 Å². The van der Waals surface area contributed by atoms with E-state index in [-0.39, 0.29) is 6.04 Å². The molecule has 2 N–H and O–H groups in total. The molecule has 0 spiro atoms. The number of hydrogen-bond donors (Lipinski definition) is 2. The number of amides is 1. The van der Waals surface area contributed by atoms with E-state index in [2.05, 4.69) is 10.3 Å². The van der Waals surface area contributed by atoms with Gasteiger partial charge >= 0.3 is 6.18 Å². The SMILES string of the molecule is CC(NC(=O)CC(O)(c1nccn1C)C(F)(F)F)C1CC1. The number of aliphatic hydroxyl groups is 1. The van der Waals surface area contributed by atoms with Crippen molar-refractivity contribution in [2.45, 2.75) is 44.0 Å². The smallest absolute Gasteiger partial charge is 0.374 e. The monoisotopic (exact) mass is 305 g/mol. The molecule has 2 atom stereocenters. The molecule has 0 aliphatic heterocycles.